The van der Waals surface area contributed by atoms with E-state index >= 15 is 0 Å². The van der Waals surface area contributed by atoms with Gasteiger partial charge < -0.3 is 4.90 Å². The third kappa shape index (κ3) is 25.3. The Labute approximate surface area is 77.6 Å². The lowest BCUT2D eigenvalue weighted by Crippen LogP contribution is -2.12. The van der Waals surface area contributed by atoms with Crippen LogP contribution in [0.4, 0.5) is 0 Å². The monoisotopic (exact) mass is 177 g/mol. The highest BCUT2D eigenvalue weighted by Gasteiger charge is 1.83. The van der Waals surface area contributed by atoms with Crippen LogP contribution in [0.3, 0.4) is 0 Å². The summed E-state index contributed by atoms with van der Waals surface area (Å²) in [5, 5.41) is 0. The molecule has 0 aromatic carbocycles. The van der Waals surface area contributed by atoms with E-state index in [0.717, 1.165) is 5.75 Å². The van der Waals surface area contributed by atoms with Crippen molar-refractivity contribution in [3.63, 3.8) is 0 Å². The quantitative estimate of drug-likeness (QED) is 0.646. The molecule has 0 rings (SSSR count). The van der Waals surface area contributed by atoms with Crippen LogP contribution in [-0.2, 0) is 0 Å². The van der Waals surface area contributed by atoms with Crippen molar-refractivity contribution in [2.24, 2.45) is 0 Å². The molecule has 1 nitrogen and oxygen atoms in total. The Hall–Kier alpha value is 0.310. The van der Waals surface area contributed by atoms with Crippen LogP contribution in [-0.4, -0.2) is 31.3 Å². The number of thiol groups is 1. The molecule has 0 aliphatic heterocycles. The minimum absolute atomic E-state index is 1.01. The molecule has 70 valence electrons. The molecule has 0 saturated carbocycles. The SMILES string of the molecule is CCCCN(C)C.CCCS. The lowest BCUT2D eigenvalue weighted by Gasteiger charge is -2.05. The molecule has 0 N–H and O–H groups in total. The van der Waals surface area contributed by atoms with E-state index in [1.807, 2.05) is 0 Å². The minimum atomic E-state index is 1.01. The van der Waals surface area contributed by atoms with E-state index in [-0.39, 0.29) is 0 Å². The molecular formula is C9H23NS. The first-order chi connectivity index (χ1) is 5.18. The molecule has 0 aliphatic rings. The molecule has 0 saturated heterocycles. The van der Waals surface area contributed by atoms with Gasteiger partial charge >= 0.3 is 0 Å². The Bertz CT molecular complexity index is 53.5. The van der Waals surface area contributed by atoms with Gasteiger partial charge in [-0.05, 0) is 39.2 Å². The summed E-state index contributed by atoms with van der Waals surface area (Å²) in [6, 6.07) is 0. The molecule has 0 amide bonds. The largest absolute Gasteiger partial charge is 0.309 e. The summed E-state index contributed by atoms with van der Waals surface area (Å²) in [6.45, 7) is 5.55. The van der Waals surface area contributed by atoms with Gasteiger partial charge in [0.05, 0.1) is 0 Å². The molecular weight excluding hydrogens is 154 g/mol. The van der Waals surface area contributed by atoms with Gasteiger partial charge in [-0.25, -0.2) is 0 Å². The standard InChI is InChI=1S/C6H15N.C3H8S/c1-4-5-6-7(2)3;1-2-3-4/h4-6H2,1-3H3;4H,2-3H2,1H3. The number of nitrogens with zero attached hydrogens (tertiary/aromatic N) is 1. The average Bonchev–Trinajstić information content (AvgIpc) is 2.01. The smallest absolute Gasteiger partial charge is 0.00249 e. The minimum Gasteiger partial charge on any atom is -0.309 e. The van der Waals surface area contributed by atoms with Crippen molar-refractivity contribution in [3.8, 4) is 0 Å². The molecule has 0 atom stereocenters. The molecule has 0 heterocycles. The van der Waals surface area contributed by atoms with Crippen LogP contribution in [0.2, 0.25) is 0 Å². The lowest BCUT2D eigenvalue weighted by atomic mass is 10.3. The number of hydrogen-bond donors (Lipinski definition) is 1. The van der Waals surface area contributed by atoms with Crippen LogP contribution in [0.1, 0.15) is 33.1 Å². The second kappa shape index (κ2) is 12.9. The number of rotatable bonds is 4. The van der Waals surface area contributed by atoms with Gasteiger partial charge in [-0.1, -0.05) is 20.3 Å². The van der Waals surface area contributed by atoms with Crippen molar-refractivity contribution in [1.82, 2.24) is 4.90 Å². The number of unbranched alkanes of at least 4 members (excludes halogenated alkanes) is 1. The summed E-state index contributed by atoms with van der Waals surface area (Å²) in [6.07, 6.45) is 3.81. The van der Waals surface area contributed by atoms with Gasteiger partial charge in [-0.2, -0.15) is 12.6 Å². The Kier molecular flexibility index (Phi) is 16.3. The second-order valence-corrected chi connectivity index (χ2v) is 3.33. The predicted molar refractivity (Wildman–Crippen MR) is 57.6 cm³/mol. The fourth-order valence-corrected chi connectivity index (χ4v) is 0.474. The van der Waals surface area contributed by atoms with Crippen molar-refractivity contribution < 1.29 is 0 Å². The Morgan fingerprint density at radius 3 is 1.64 bits per heavy atom. The van der Waals surface area contributed by atoms with E-state index in [1.165, 1.54) is 25.8 Å². The zero-order chi connectivity index (χ0) is 9.11. The number of hydrogen-bond acceptors (Lipinski definition) is 2. The van der Waals surface area contributed by atoms with Crippen molar-refractivity contribution in [3.05, 3.63) is 0 Å². The van der Waals surface area contributed by atoms with Gasteiger partial charge in [-0.15, -0.1) is 0 Å². The first kappa shape index (κ1) is 13.9. The Morgan fingerprint density at radius 2 is 1.55 bits per heavy atom. The Balaban J connectivity index is 0. The van der Waals surface area contributed by atoms with E-state index in [1.54, 1.807) is 0 Å². The van der Waals surface area contributed by atoms with E-state index in [4.69, 9.17) is 0 Å². The highest BCUT2D eigenvalue weighted by molar-refractivity contribution is 7.80. The van der Waals surface area contributed by atoms with Crippen LogP contribution < -0.4 is 0 Å². The van der Waals surface area contributed by atoms with Crippen LogP contribution >= 0.6 is 12.6 Å². The maximum Gasteiger partial charge on any atom is -0.00249 e. The summed E-state index contributed by atoms with van der Waals surface area (Å²) < 4.78 is 0. The van der Waals surface area contributed by atoms with Gasteiger partial charge in [0.15, 0.2) is 0 Å². The summed E-state index contributed by atoms with van der Waals surface area (Å²) in [5.41, 5.74) is 0. The van der Waals surface area contributed by atoms with Crippen molar-refractivity contribution in [1.29, 1.82) is 0 Å². The van der Waals surface area contributed by atoms with Gasteiger partial charge in [0.25, 0.3) is 0 Å². The molecule has 0 aliphatic carbocycles. The highest BCUT2D eigenvalue weighted by atomic mass is 32.1. The Morgan fingerprint density at radius 1 is 1.09 bits per heavy atom. The first-order valence-corrected chi connectivity index (χ1v) is 5.07. The molecule has 0 aromatic rings. The van der Waals surface area contributed by atoms with E-state index in [2.05, 4.69) is 45.5 Å². The van der Waals surface area contributed by atoms with Gasteiger partial charge in [0.1, 0.15) is 0 Å². The molecule has 0 radical (unpaired) electrons. The molecule has 11 heavy (non-hydrogen) atoms. The average molecular weight is 177 g/mol. The van der Waals surface area contributed by atoms with Crippen LogP contribution in [0.15, 0.2) is 0 Å². The second-order valence-electron chi connectivity index (χ2n) is 2.88. The van der Waals surface area contributed by atoms with Gasteiger partial charge in [0.2, 0.25) is 0 Å². The molecule has 2 heteroatoms. The molecule has 0 unspecified atom stereocenters. The van der Waals surface area contributed by atoms with E-state index in [9.17, 15) is 0 Å². The van der Waals surface area contributed by atoms with Crippen molar-refractivity contribution >= 4 is 12.6 Å². The van der Waals surface area contributed by atoms with Crippen LogP contribution in [0.25, 0.3) is 0 Å². The molecule has 0 fully saturated rings. The zero-order valence-electron chi connectivity index (χ0n) is 8.43. The lowest BCUT2D eigenvalue weighted by molar-refractivity contribution is 0.398. The van der Waals surface area contributed by atoms with Crippen molar-refractivity contribution in [2.45, 2.75) is 33.1 Å². The maximum absolute atomic E-state index is 3.92. The summed E-state index contributed by atoms with van der Waals surface area (Å²) in [7, 11) is 4.21. The maximum atomic E-state index is 3.92. The zero-order valence-corrected chi connectivity index (χ0v) is 9.32. The third-order valence-corrected chi connectivity index (χ3v) is 1.63. The van der Waals surface area contributed by atoms with Crippen LogP contribution in [0, 0.1) is 0 Å². The fourth-order valence-electron chi connectivity index (χ4n) is 0.474. The van der Waals surface area contributed by atoms with E-state index < -0.39 is 0 Å². The predicted octanol–water partition coefficient (Wildman–Crippen LogP) is 2.67. The molecule has 0 aromatic heterocycles. The normalized spacial score (nSPS) is 9.27. The molecule has 0 bridgehead atoms. The summed E-state index contributed by atoms with van der Waals surface area (Å²) in [4.78, 5) is 2.21. The summed E-state index contributed by atoms with van der Waals surface area (Å²) >= 11 is 3.92. The first-order valence-electron chi connectivity index (χ1n) is 4.44. The third-order valence-electron chi connectivity index (χ3n) is 1.18. The van der Waals surface area contributed by atoms with Gasteiger partial charge in [0, 0.05) is 0 Å². The van der Waals surface area contributed by atoms with Gasteiger partial charge in [-0.3, -0.25) is 0 Å². The van der Waals surface area contributed by atoms with E-state index in [0.29, 0.717) is 0 Å². The topological polar surface area (TPSA) is 3.24 Å². The molecule has 0 spiro atoms. The highest BCUT2D eigenvalue weighted by Crippen LogP contribution is 1.86. The summed E-state index contributed by atoms with van der Waals surface area (Å²) in [5.74, 6) is 1.01. The van der Waals surface area contributed by atoms with Crippen LogP contribution in [0.5, 0.6) is 0 Å². The van der Waals surface area contributed by atoms with Crippen molar-refractivity contribution in [2.75, 3.05) is 26.4 Å². The fraction of sp³-hybridized carbons (Fsp3) is 1.00.